The third-order valence-corrected chi connectivity index (χ3v) is 5.56. The zero-order valence-electron chi connectivity index (χ0n) is 14.2. The normalized spacial score (nSPS) is 24.6. The van der Waals surface area contributed by atoms with Gasteiger partial charge in [-0.05, 0) is 25.7 Å². The van der Waals surface area contributed by atoms with Crippen molar-refractivity contribution < 1.29 is 9.59 Å². The number of halogens is 1. The molecule has 1 unspecified atom stereocenters. The van der Waals surface area contributed by atoms with Crippen LogP contribution in [0.4, 0.5) is 4.79 Å². The standard InChI is InChI=1S/C15H22N6O2S.HI/c1-15(12(22)19-14(23)20-15)10-3-6-21(7-4-10)13(16-2)18-9-11-17-5-8-24-11;/h5,8,10H,3-4,6-7,9H2,1-2H3,(H,16,18)(H2,19,20,22,23);1H. The first kappa shape index (κ1) is 19.9. The van der Waals surface area contributed by atoms with E-state index in [4.69, 9.17) is 0 Å². The van der Waals surface area contributed by atoms with Gasteiger partial charge in [-0.3, -0.25) is 15.1 Å². The molecular formula is C15H23IN6O2S. The number of amides is 3. The quantitative estimate of drug-likeness (QED) is 0.262. The second kappa shape index (κ2) is 8.30. The van der Waals surface area contributed by atoms with Gasteiger partial charge in [0.25, 0.3) is 5.91 Å². The fraction of sp³-hybridized carbons (Fsp3) is 0.600. The first-order valence-corrected chi connectivity index (χ1v) is 8.88. The molecule has 1 aromatic heterocycles. The van der Waals surface area contributed by atoms with Gasteiger partial charge in [0, 0.05) is 31.7 Å². The Morgan fingerprint density at radius 1 is 1.48 bits per heavy atom. The number of carbonyl (C=O) groups is 2. The summed E-state index contributed by atoms with van der Waals surface area (Å²) >= 11 is 1.61. The summed E-state index contributed by atoms with van der Waals surface area (Å²) in [6.45, 7) is 4.05. The Bertz CT molecular complexity index is 644. The minimum Gasteiger partial charge on any atom is -0.350 e. The summed E-state index contributed by atoms with van der Waals surface area (Å²) in [6.07, 6.45) is 3.43. The van der Waals surface area contributed by atoms with Crippen molar-refractivity contribution in [2.24, 2.45) is 10.9 Å². The summed E-state index contributed by atoms with van der Waals surface area (Å²) in [5, 5.41) is 11.4. The minimum atomic E-state index is -0.805. The van der Waals surface area contributed by atoms with Gasteiger partial charge in [0.1, 0.15) is 10.5 Å². The van der Waals surface area contributed by atoms with Crippen LogP contribution < -0.4 is 16.0 Å². The molecule has 3 amide bonds. The lowest BCUT2D eigenvalue weighted by Gasteiger charge is -2.39. The first-order valence-electron chi connectivity index (χ1n) is 8.00. The zero-order chi connectivity index (χ0) is 17.2. The molecule has 0 aliphatic carbocycles. The monoisotopic (exact) mass is 478 g/mol. The number of guanidine groups is 1. The van der Waals surface area contributed by atoms with E-state index in [2.05, 4.69) is 30.8 Å². The van der Waals surface area contributed by atoms with Crippen LogP contribution >= 0.6 is 35.3 Å². The van der Waals surface area contributed by atoms with E-state index < -0.39 is 11.6 Å². The Kier molecular flexibility index (Phi) is 6.60. The van der Waals surface area contributed by atoms with Crippen molar-refractivity contribution in [2.75, 3.05) is 20.1 Å². The number of rotatable bonds is 3. The highest BCUT2D eigenvalue weighted by atomic mass is 127. The molecule has 1 aromatic rings. The van der Waals surface area contributed by atoms with E-state index in [0.717, 1.165) is 36.9 Å². The Morgan fingerprint density at radius 2 is 2.20 bits per heavy atom. The van der Waals surface area contributed by atoms with E-state index >= 15 is 0 Å². The number of imide groups is 1. The van der Waals surface area contributed by atoms with E-state index in [0.29, 0.717) is 6.54 Å². The van der Waals surface area contributed by atoms with Gasteiger partial charge in [-0.25, -0.2) is 9.78 Å². The highest BCUT2D eigenvalue weighted by Crippen LogP contribution is 2.30. The second-order valence-corrected chi connectivity index (χ2v) is 7.18. The van der Waals surface area contributed by atoms with Gasteiger partial charge < -0.3 is 15.5 Å². The molecule has 1 atom stereocenters. The Balaban J connectivity index is 0.00000225. The number of nitrogens with zero attached hydrogens (tertiary/aromatic N) is 3. The molecule has 2 saturated heterocycles. The lowest BCUT2D eigenvalue weighted by molar-refractivity contribution is -0.125. The van der Waals surface area contributed by atoms with Crippen LogP contribution in [0.3, 0.4) is 0 Å². The van der Waals surface area contributed by atoms with Crippen LogP contribution in [0.25, 0.3) is 0 Å². The van der Waals surface area contributed by atoms with E-state index in [9.17, 15) is 9.59 Å². The molecule has 3 heterocycles. The molecule has 0 radical (unpaired) electrons. The van der Waals surface area contributed by atoms with Crippen molar-refractivity contribution in [2.45, 2.75) is 31.8 Å². The van der Waals surface area contributed by atoms with Crippen LogP contribution in [0.15, 0.2) is 16.6 Å². The maximum Gasteiger partial charge on any atom is 0.322 e. The minimum absolute atomic E-state index is 0. The van der Waals surface area contributed by atoms with Gasteiger partial charge in [-0.2, -0.15) is 0 Å². The number of hydrogen-bond acceptors (Lipinski definition) is 5. The largest absolute Gasteiger partial charge is 0.350 e. The van der Waals surface area contributed by atoms with Gasteiger partial charge >= 0.3 is 6.03 Å². The predicted octanol–water partition coefficient (Wildman–Crippen LogP) is 1.15. The molecule has 2 aliphatic rings. The summed E-state index contributed by atoms with van der Waals surface area (Å²) in [4.78, 5) is 34.3. The summed E-state index contributed by atoms with van der Waals surface area (Å²) in [7, 11) is 1.77. The number of urea groups is 1. The van der Waals surface area contributed by atoms with Gasteiger partial charge in [-0.1, -0.05) is 0 Å². The third-order valence-electron chi connectivity index (χ3n) is 4.78. The molecule has 10 heteroatoms. The van der Waals surface area contributed by atoms with Crippen molar-refractivity contribution >= 4 is 53.2 Å². The molecular weight excluding hydrogens is 455 g/mol. The van der Waals surface area contributed by atoms with Gasteiger partial charge in [0.15, 0.2) is 5.96 Å². The van der Waals surface area contributed by atoms with Crippen LogP contribution in [-0.2, 0) is 11.3 Å². The molecule has 3 rings (SSSR count). The second-order valence-electron chi connectivity index (χ2n) is 6.20. The summed E-state index contributed by atoms with van der Waals surface area (Å²) in [5.74, 6) is 0.739. The van der Waals surface area contributed by atoms with E-state index in [1.807, 2.05) is 12.3 Å². The van der Waals surface area contributed by atoms with Crippen LogP contribution in [0, 0.1) is 5.92 Å². The van der Waals surface area contributed by atoms with E-state index in [1.165, 1.54) is 0 Å². The number of carbonyl (C=O) groups excluding carboxylic acids is 2. The van der Waals surface area contributed by atoms with Gasteiger partial charge in [0.2, 0.25) is 0 Å². The molecule has 2 fully saturated rings. The SMILES string of the molecule is CN=C(NCc1nccs1)N1CCC(C2(C)NC(=O)NC2=O)CC1.I. The smallest absolute Gasteiger partial charge is 0.322 e. The van der Waals surface area contributed by atoms with Crippen molar-refractivity contribution in [1.82, 2.24) is 25.8 Å². The number of thiazole rings is 1. The third kappa shape index (κ3) is 4.22. The van der Waals surface area contributed by atoms with Gasteiger partial charge in [0.05, 0.1) is 6.54 Å². The number of aromatic nitrogens is 1. The number of likely N-dealkylation sites (tertiary alicyclic amines) is 1. The highest BCUT2D eigenvalue weighted by molar-refractivity contribution is 14.0. The maximum absolute atomic E-state index is 12.1. The average Bonchev–Trinajstić information content (AvgIpc) is 3.17. The van der Waals surface area contributed by atoms with E-state index in [1.54, 1.807) is 24.6 Å². The Labute approximate surface area is 167 Å². The number of nitrogens with one attached hydrogen (secondary N) is 3. The van der Waals surface area contributed by atoms with Crippen LogP contribution in [0.1, 0.15) is 24.8 Å². The van der Waals surface area contributed by atoms with E-state index in [-0.39, 0.29) is 35.8 Å². The summed E-state index contributed by atoms with van der Waals surface area (Å²) in [5.41, 5.74) is -0.805. The molecule has 25 heavy (non-hydrogen) atoms. The van der Waals surface area contributed by atoms with Crippen LogP contribution in [0.5, 0.6) is 0 Å². The molecule has 2 aliphatic heterocycles. The highest BCUT2D eigenvalue weighted by Gasteiger charge is 2.48. The molecule has 8 nitrogen and oxygen atoms in total. The zero-order valence-corrected chi connectivity index (χ0v) is 17.4. The van der Waals surface area contributed by atoms with Crippen LogP contribution in [0.2, 0.25) is 0 Å². The number of aliphatic imine (C=N–C) groups is 1. The lowest BCUT2D eigenvalue weighted by atomic mass is 9.79. The summed E-state index contributed by atoms with van der Waals surface area (Å²) in [6, 6.07) is -0.397. The molecule has 0 saturated carbocycles. The summed E-state index contributed by atoms with van der Waals surface area (Å²) < 4.78 is 0. The van der Waals surface area contributed by atoms with Crippen molar-refractivity contribution in [1.29, 1.82) is 0 Å². The Hall–Kier alpha value is -1.43. The predicted molar refractivity (Wildman–Crippen MR) is 107 cm³/mol. The molecule has 138 valence electrons. The molecule has 0 spiro atoms. The lowest BCUT2D eigenvalue weighted by Crippen LogP contribution is -2.55. The molecule has 0 aromatic carbocycles. The van der Waals surface area contributed by atoms with Crippen molar-refractivity contribution in [3.63, 3.8) is 0 Å². The maximum atomic E-state index is 12.1. The fourth-order valence-electron chi connectivity index (χ4n) is 3.34. The number of hydrogen-bond donors (Lipinski definition) is 3. The molecule has 0 bridgehead atoms. The number of piperidine rings is 1. The van der Waals surface area contributed by atoms with Crippen molar-refractivity contribution in [3.05, 3.63) is 16.6 Å². The molecule has 3 N–H and O–H groups in total. The topological polar surface area (TPSA) is 98.7 Å². The average molecular weight is 478 g/mol. The van der Waals surface area contributed by atoms with Gasteiger partial charge in [-0.15, -0.1) is 35.3 Å². The Morgan fingerprint density at radius 3 is 2.72 bits per heavy atom. The fourth-order valence-corrected chi connectivity index (χ4v) is 3.90. The van der Waals surface area contributed by atoms with Crippen molar-refractivity contribution in [3.8, 4) is 0 Å². The van der Waals surface area contributed by atoms with Crippen LogP contribution in [-0.4, -0.2) is 53.5 Å². The first-order chi connectivity index (χ1) is 11.5.